The quantitative estimate of drug-likeness (QED) is 0.753. The van der Waals surface area contributed by atoms with E-state index in [-0.39, 0.29) is 18.2 Å². The molecule has 1 fully saturated rings. The van der Waals surface area contributed by atoms with Gasteiger partial charge in [-0.05, 0) is 13.0 Å². The molecule has 1 aromatic heterocycles. The number of aromatic nitrogens is 2. The van der Waals surface area contributed by atoms with E-state index in [0.29, 0.717) is 6.54 Å². The average Bonchev–Trinajstić information content (AvgIpc) is 2.82. The Labute approximate surface area is 92.3 Å². The van der Waals surface area contributed by atoms with Crippen LogP contribution in [0.5, 0.6) is 0 Å². The van der Waals surface area contributed by atoms with Crippen molar-refractivity contribution in [2.45, 2.75) is 31.8 Å². The van der Waals surface area contributed by atoms with Crippen LogP contribution in [0.15, 0.2) is 12.3 Å². The van der Waals surface area contributed by atoms with Crippen LogP contribution in [0, 0.1) is 0 Å². The zero-order chi connectivity index (χ0) is 11.7. The SMILES string of the molecule is CCn1nccc1C1CC(=O)NC1C(=O)O. The summed E-state index contributed by atoms with van der Waals surface area (Å²) in [4.78, 5) is 22.3. The third kappa shape index (κ3) is 1.66. The zero-order valence-electron chi connectivity index (χ0n) is 8.88. The van der Waals surface area contributed by atoms with Gasteiger partial charge in [-0.3, -0.25) is 9.48 Å². The lowest BCUT2D eigenvalue weighted by molar-refractivity contribution is -0.140. The highest BCUT2D eigenvalue weighted by molar-refractivity contribution is 5.89. The van der Waals surface area contributed by atoms with Crippen LogP contribution in [-0.2, 0) is 16.1 Å². The fourth-order valence-corrected chi connectivity index (χ4v) is 2.08. The van der Waals surface area contributed by atoms with Gasteiger partial charge in [0.15, 0.2) is 0 Å². The number of nitrogens with one attached hydrogen (secondary N) is 1. The molecular formula is C10H13N3O3. The molecule has 1 aliphatic heterocycles. The molecule has 2 rings (SSSR count). The molecule has 0 aromatic carbocycles. The Morgan fingerprint density at radius 2 is 2.50 bits per heavy atom. The van der Waals surface area contributed by atoms with E-state index in [1.165, 1.54) is 0 Å². The summed E-state index contributed by atoms with van der Waals surface area (Å²) in [6, 6.07) is 0.930. The van der Waals surface area contributed by atoms with E-state index < -0.39 is 12.0 Å². The summed E-state index contributed by atoms with van der Waals surface area (Å²) in [7, 11) is 0. The highest BCUT2D eigenvalue weighted by Crippen LogP contribution is 2.28. The third-order valence-electron chi connectivity index (χ3n) is 2.82. The molecule has 16 heavy (non-hydrogen) atoms. The van der Waals surface area contributed by atoms with Gasteiger partial charge < -0.3 is 10.4 Å². The first-order valence-corrected chi connectivity index (χ1v) is 5.17. The maximum Gasteiger partial charge on any atom is 0.326 e. The number of carboxylic acids is 1. The van der Waals surface area contributed by atoms with Crippen molar-refractivity contribution < 1.29 is 14.7 Å². The molecule has 6 nitrogen and oxygen atoms in total. The van der Waals surface area contributed by atoms with E-state index in [1.807, 2.05) is 6.92 Å². The highest BCUT2D eigenvalue weighted by Gasteiger charge is 2.39. The number of carboxylic acid groups (broad SMARTS) is 1. The molecule has 1 saturated heterocycles. The number of nitrogens with zero attached hydrogens (tertiary/aromatic N) is 2. The van der Waals surface area contributed by atoms with Crippen molar-refractivity contribution in [3.63, 3.8) is 0 Å². The van der Waals surface area contributed by atoms with E-state index in [9.17, 15) is 9.59 Å². The zero-order valence-corrected chi connectivity index (χ0v) is 8.88. The van der Waals surface area contributed by atoms with E-state index in [1.54, 1.807) is 16.9 Å². The minimum atomic E-state index is -1.00. The smallest absolute Gasteiger partial charge is 0.326 e. The molecule has 0 spiro atoms. The van der Waals surface area contributed by atoms with Crippen LogP contribution < -0.4 is 5.32 Å². The van der Waals surface area contributed by atoms with Crippen molar-refractivity contribution in [3.8, 4) is 0 Å². The summed E-state index contributed by atoms with van der Waals surface area (Å²) >= 11 is 0. The van der Waals surface area contributed by atoms with Gasteiger partial charge >= 0.3 is 5.97 Å². The fraction of sp³-hybridized carbons (Fsp3) is 0.500. The van der Waals surface area contributed by atoms with Crippen molar-refractivity contribution in [3.05, 3.63) is 18.0 Å². The molecule has 2 heterocycles. The maximum atomic E-state index is 11.3. The molecule has 1 aromatic rings. The Hall–Kier alpha value is -1.85. The Balaban J connectivity index is 2.32. The minimum absolute atomic E-state index is 0.211. The number of aliphatic carboxylic acids is 1. The summed E-state index contributed by atoms with van der Waals surface area (Å²) in [6.07, 6.45) is 1.84. The van der Waals surface area contributed by atoms with Crippen LogP contribution >= 0.6 is 0 Å². The van der Waals surface area contributed by atoms with Crippen molar-refractivity contribution in [2.75, 3.05) is 0 Å². The Morgan fingerprint density at radius 1 is 1.75 bits per heavy atom. The number of carbonyl (C=O) groups is 2. The molecule has 0 bridgehead atoms. The highest BCUT2D eigenvalue weighted by atomic mass is 16.4. The molecule has 86 valence electrons. The molecule has 6 heteroatoms. The van der Waals surface area contributed by atoms with Gasteiger partial charge in [0.2, 0.25) is 5.91 Å². The van der Waals surface area contributed by atoms with Crippen LogP contribution in [0.4, 0.5) is 0 Å². The number of hydrogen-bond acceptors (Lipinski definition) is 3. The fourth-order valence-electron chi connectivity index (χ4n) is 2.08. The van der Waals surface area contributed by atoms with Crippen LogP contribution in [-0.4, -0.2) is 32.8 Å². The Morgan fingerprint density at radius 3 is 3.12 bits per heavy atom. The second kappa shape index (κ2) is 3.96. The number of amides is 1. The lowest BCUT2D eigenvalue weighted by Gasteiger charge is -2.15. The van der Waals surface area contributed by atoms with Crippen molar-refractivity contribution >= 4 is 11.9 Å². The van der Waals surface area contributed by atoms with Crippen LogP contribution in [0.3, 0.4) is 0 Å². The van der Waals surface area contributed by atoms with Gasteiger partial charge in [0, 0.05) is 30.8 Å². The van der Waals surface area contributed by atoms with E-state index in [4.69, 9.17) is 5.11 Å². The number of hydrogen-bond donors (Lipinski definition) is 2. The normalized spacial score (nSPS) is 24.4. The molecular weight excluding hydrogens is 210 g/mol. The summed E-state index contributed by atoms with van der Waals surface area (Å²) in [5, 5.41) is 15.6. The van der Waals surface area contributed by atoms with Gasteiger partial charge in [0.1, 0.15) is 6.04 Å². The third-order valence-corrected chi connectivity index (χ3v) is 2.82. The second-order valence-electron chi connectivity index (χ2n) is 3.77. The van der Waals surface area contributed by atoms with Crippen molar-refractivity contribution in [1.82, 2.24) is 15.1 Å². The molecule has 1 aliphatic rings. The number of rotatable bonds is 3. The summed E-state index contributed by atoms with van der Waals surface area (Å²) in [5.74, 6) is -1.55. The van der Waals surface area contributed by atoms with E-state index >= 15 is 0 Å². The summed E-state index contributed by atoms with van der Waals surface area (Å²) in [6.45, 7) is 2.59. The predicted octanol–water partition coefficient (Wildman–Crippen LogP) is -0.0403. The largest absolute Gasteiger partial charge is 0.480 e. The average molecular weight is 223 g/mol. The Kier molecular flexibility index (Phi) is 2.64. The van der Waals surface area contributed by atoms with Gasteiger partial charge in [0.25, 0.3) is 0 Å². The minimum Gasteiger partial charge on any atom is -0.480 e. The van der Waals surface area contributed by atoms with Crippen LogP contribution in [0.2, 0.25) is 0 Å². The molecule has 2 atom stereocenters. The molecule has 0 radical (unpaired) electrons. The Bertz CT molecular complexity index is 427. The van der Waals surface area contributed by atoms with E-state index in [0.717, 1.165) is 5.69 Å². The maximum absolute atomic E-state index is 11.3. The number of aryl methyl sites for hydroxylation is 1. The van der Waals surface area contributed by atoms with Crippen LogP contribution in [0.1, 0.15) is 25.0 Å². The van der Waals surface area contributed by atoms with Crippen molar-refractivity contribution in [1.29, 1.82) is 0 Å². The molecule has 2 N–H and O–H groups in total. The number of carbonyl (C=O) groups excluding carboxylic acids is 1. The lowest BCUT2D eigenvalue weighted by Crippen LogP contribution is -2.36. The van der Waals surface area contributed by atoms with Gasteiger partial charge in [0.05, 0.1) is 0 Å². The first-order valence-electron chi connectivity index (χ1n) is 5.17. The topological polar surface area (TPSA) is 84.2 Å². The van der Waals surface area contributed by atoms with Crippen LogP contribution in [0.25, 0.3) is 0 Å². The van der Waals surface area contributed by atoms with Crippen molar-refractivity contribution in [2.24, 2.45) is 0 Å². The van der Waals surface area contributed by atoms with E-state index in [2.05, 4.69) is 10.4 Å². The van der Waals surface area contributed by atoms with Gasteiger partial charge in [-0.25, -0.2) is 4.79 Å². The predicted molar refractivity (Wildman–Crippen MR) is 54.8 cm³/mol. The molecule has 1 amide bonds. The molecule has 2 unspecified atom stereocenters. The monoisotopic (exact) mass is 223 g/mol. The molecule has 0 aliphatic carbocycles. The van der Waals surface area contributed by atoms with Gasteiger partial charge in [-0.1, -0.05) is 0 Å². The summed E-state index contributed by atoms with van der Waals surface area (Å²) < 4.78 is 1.72. The second-order valence-corrected chi connectivity index (χ2v) is 3.77. The van der Waals surface area contributed by atoms with Gasteiger partial charge in [-0.2, -0.15) is 5.10 Å². The first-order chi connectivity index (χ1) is 7.63. The molecule has 0 saturated carbocycles. The lowest BCUT2D eigenvalue weighted by atomic mass is 9.97. The standard InChI is InChI=1S/C10H13N3O3/c1-2-13-7(3-4-11-13)6-5-8(14)12-9(6)10(15)16/h3-4,6,9H,2,5H2,1H3,(H,12,14)(H,15,16). The first kappa shape index (κ1) is 10.7. The van der Waals surface area contributed by atoms with Gasteiger partial charge in [-0.15, -0.1) is 0 Å². The summed E-state index contributed by atoms with van der Waals surface area (Å²) in [5.41, 5.74) is 0.799.